The SMILES string of the molecule is CC(C=O)C[C@@H]1O[C@@H](C)C=CC1=O. The Hall–Kier alpha value is -0.960. The van der Waals surface area contributed by atoms with Gasteiger partial charge in [-0.2, -0.15) is 0 Å². The van der Waals surface area contributed by atoms with Gasteiger partial charge in [-0.15, -0.1) is 0 Å². The lowest BCUT2D eigenvalue weighted by Gasteiger charge is -2.23. The largest absolute Gasteiger partial charge is 0.363 e. The Kier molecular flexibility index (Phi) is 3.37. The molecule has 1 unspecified atom stereocenters. The van der Waals surface area contributed by atoms with E-state index in [0.717, 1.165) is 6.29 Å². The fourth-order valence-electron chi connectivity index (χ4n) is 1.27. The van der Waals surface area contributed by atoms with E-state index in [1.54, 1.807) is 13.0 Å². The molecule has 0 amide bonds. The van der Waals surface area contributed by atoms with Gasteiger partial charge in [-0.05, 0) is 19.4 Å². The minimum atomic E-state index is -0.430. The van der Waals surface area contributed by atoms with Crippen LogP contribution in [0.4, 0.5) is 0 Å². The second kappa shape index (κ2) is 4.33. The lowest BCUT2D eigenvalue weighted by Crippen LogP contribution is -2.32. The smallest absolute Gasteiger partial charge is 0.184 e. The van der Waals surface area contributed by atoms with Crippen LogP contribution in [0, 0.1) is 5.92 Å². The minimum Gasteiger partial charge on any atom is -0.363 e. The summed E-state index contributed by atoms with van der Waals surface area (Å²) in [5, 5.41) is 0. The molecule has 1 aliphatic rings. The molecule has 0 N–H and O–H groups in total. The molecule has 1 heterocycles. The summed E-state index contributed by atoms with van der Waals surface area (Å²) in [6, 6.07) is 0. The van der Waals surface area contributed by atoms with E-state index < -0.39 is 6.10 Å². The molecule has 0 aromatic carbocycles. The van der Waals surface area contributed by atoms with Crippen LogP contribution in [0.2, 0.25) is 0 Å². The number of aldehydes is 1. The molecule has 0 aliphatic carbocycles. The van der Waals surface area contributed by atoms with Crippen molar-refractivity contribution in [3.63, 3.8) is 0 Å². The summed E-state index contributed by atoms with van der Waals surface area (Å²) in [7, 11) is 0. The maximum atomic E-state index is 11.3. The van der Waals surface area contributed by atoms with Crippen LogP contribution in [-0.2, 0) is 14.3 Å². The van der Waals surface area contributed by atoms with Gasteiger partial charge in [0.25, 0.3) is 0 Å². The molecule has 1 rings (SSSR count). The molecule has 3 nitrogen and oxygen atoms in total. The molecule has 0 radical (unpaired) electrons. The van der Waals surface area contributed by atoms with Gasteiger partial charge in [0.2, 0.25) is 0 Å². The molecular weight excluding hydrogens is 168 g/mol. The Labute approximate surface area is 77.8 Å². The quantitative estimate of drug-likeness (QED) is 0.614. The number of carbonyl (C=O) groups is 2. The van der Waals surface area contributed by atoms with Crippen molar-refractivity contribution in [3.05, 3.63) is 12.2 Å². The topological polar surface area (TPSA) is 43.4 Å². The molecule has 0 aromatic heterocycles. The van der Waals surface area contributed by atoms with Gasteiger partial charge in [0.05, 0.1) is 6.10 Å². The van der Waals surface area contributed by atoms with Gasteiger partial charge in [0, 0.05) is 5.92 Å². The normalized spacial score (nSPS) is 30.2. The van der Waals surface area contributed by atoms with E-state index in [1.807, 2.05) is 6.92 Å². The van der Waals surface area contributed by atoms with Gasteiger partial charge >= 0.3 is 0 Å². The molecule has 72 valence electrons. The van der Waals surface area contributed by atoms with Gasteiger partial charge in [0.15, 0.2) is 5.78 Å². The lowest BCUT2D eigenvalue weighted by molar-refractivity contribution is -0.131. The summed E-state index contributed by atoms with van der Waals surface area (Å²) in [5.41, 5.74) is 0. The lowest BCUT2D eigenvalue weighted by atomic mass is 10.00. The zero-order valence-corrected chi connectivity index (χ0v) is 7.90. The summed E-state index contributed by atoms with van der Waals surface area (Å²) in [6.45, 7) is 3.66. The van der Waals surface area contributed by atoms with Crippen LogP contribution in [0.1, 0.15) is 20.3 Å². The molecule has 0 aromatic rings. The Morgan fingerprint density at radius 2 is 2.38 bits per heavy atom. The number of ether oxygens (including phenoxy) is 1. The molecule has 1 aliphatic heterocycles. The van der Waals surface area contributed by atoms with E-state index in [2.05, 4.69) is 0 Å². The summed E-state index contributed by atoms with van der Waals surface area (Å²) in [4.78, 5) is 21.6. The average Bonchev–Trinajstić information content (AvgIpc) is 2.11. The van der Waals surface area contributed by atoms with Crippen molar-refractivity contribution in [2.45, 2.75) is 32.5 Å². The van der Waals surface area contributed by atoms with E-state index in [0.29, 0.717) is 6.42 Å². The molecule has 13 heavy (non-hydrogen) atoms. The Bertz CT molecular complexity index is 232. The standard InChI is InChI=1S/C10H14O3/c1-7(6-11)5-10-9(12)4-3-8(2)13-10/h3-4,6-8,10H,5H2,1-2H3/t7?,8-,10-/m0/s1. The zero-order chi connectivity index (χ0) is 9.84. The van der Waals surface area contributed by atoms with E-state index >= 15 is 0 Å². The maximum absolute atomic E-state index is 11.3. The monoisotopic (exact) mass is 182 g/mol. The predicted octanol–water partition coefficient (Wildman–Crippen LogP) is 1.12. The first-order valence-electron chi connectivity index (χ1n) is 4.46. The highest BCUT2D eigenvalue weighted by atomic mass is 16.5. The number of hydrogen-bond acceptors (Lipinski definition) is 3. The van der Waals surface area contributed by atoms with E-state index in [4.69, 9.17) is 4.74 Å². The maximum Gasteiger partial charge on any atom is 0.184 e. The number of rotatable bonds is 3. The molecule has 0 bridgehead atoms. The van der Waals surface area contributed by atoms with Crippen LogP contribution in [0.15, 0.2) is 12.2 Å². The fourth-order valence-corrected chi connectivity index (χ4v) is 1.27. The molecule has 0 saturated heterocycles. The molecule has 3 atom stereocenters. The predicted molar refractivity (Wildman–Crippen MR) is 48.3 cm³/mol. The third-order valence-electron chi connectivity index (χ3n) is 2.05. The van der Waals surface area contributed by atoms with Crippen LogP contribution in [0.25, 0.3) is 0 Å². The summed E-state index contributed by atoms with van der Waals surface area (Å²) < 4.78 is 5.38. The Balaban J connectivity index is 2.55. The van der Waals surface area contributed by atoms with Gasteiger partial charge < -0.3 is 9.53 Å². The van der Waals surface area contributed by atoms with Crippen molar-refractivity contribution >= 4 is 12.1 Å². The number of carbonyl (C=O) groups excluding carboxylic acids is 2. The van der Waals surface area contributed by atoms with Crippen molar-refractivity contribution in [3.8, 4) is 0 Å². The minimum absolute atomic E-state index is 0.0263. The van der Waals surface area contributed by atoms with Crippen molar-refractivity contribution in [2.24, 2.45) is 5.92 Å². The molecular formula is C10H14O3. The number of ketones is 1. The first kappa shape index (κ1) is 10.1. The van der Waals surface area contributed by atoms with Crippen molar-refractivity contribution in [2.75, 3.05) is 0 Å². The molecule has 0 spiro atoms. The first-order valence-corrected chi connectivity index (χ1v) is 4.46. The molecule has 3 heteroatoms. The summed E-state index contributed by atoms with van der Waals surface area (Å²) in [6.07, 6.45) is 4.14. The van der Waals surface area contributed by atoms with Crippen LogP contribution in [-0.4, -0.2) is 24.3 Å². The van der Waals surface area contributed by atoms with E-state index in [-0.39, 0.29) is 17.8 Å². The van der Waals surface area contributed by atoms with Crippen molar-refractivity contribution in [1.82, 2.24) is 0 Å². The molecule has 0 fully saturated rings. The van der Waals surface area contributed by atoms with Crippen molar-refractivity contribution < 1.29 is 14.3 Å². The van der Waals surface area contributed by atoms with Gasteiger partial charge in [-0.3, -0.25) is 4.79 Å². The molecule has 0 saturated carbocycles. The highest BCUT2D eigenvalue weighted by Gasteiger charge is 2.24. The third-order valence-corrected chi connectivity index (χ3v) is 2.05. The summed E-state index contributed by atoms with van der Waals surface area (Å²) >= 11 is 0. The van der Waals surface area contributed by atoms with Crippen LogP contribution < -0.4 is 0 Å². The van der Waals surface area contributed by atoms with E-state index in [1.165, 1.54) is 6.08 Å². The van der Waals surface area contributed by atoms with E-state index in [9.17, 15) is 9.59 Å². The van der Waals surface area contributed by atoms with Crippen LogP contribution >= 0.6 is 0 Å². The zero-order valence-electron chi connectivity index (χ0n) is 7.90. The third kappa shape index (κ3) is 2.77. The Morgan fingerprint density at radius 3 is 3.00 bits per heavy atom. The summed E-state index contributed by atoms with van der Waals surface area (Å²) in [5.74, 6) is -0.153. The second-order valence-corrected chi connectivity index (χ2v) is 3.44. The van der Waals surface area contributed by atoms with Crippen molar-refractivity contribution in [1.29, 1.82) is 0 Å². The van der Waals surface area contributed by atoms with Gasteiger partial charge in [-0.25, -0.2) is 0 Å². The van der Waals surface area contributed by atoms with Gasteiger partial charge in [0.1, 0.15) is 12.4 Å². The fraction of sp³-hybridized carbons (Fsp3) is 0.600. The van der Waals surface area contributed by atoms with Crippen LogP contribution in [0.3, 0.4) is 0 Å². The first-order chi connectivity index (χ1) is 6.13. The van der Waals surface area contributed by atoms with Crippen LogP contribution in [0.5, 0.6) is 0 Å². The Morgan fingerprint density at radius 1 is 1.69 bits per heavy atom. The van der Waals surface area contributed by atoms with Gasteiger partial charge in [-0.1, -0.05) is 13.0 Å². The highest BCUT2D eigenvalue weighted by molar-refractivity contribution is 5.94. The second-order valence-electron chi connectivity index (χ2n) is 3.44. The average molecular weight is 182 g/mol. The highest BCUT2D eigenvalue weighted by Crippen LogP contribution is 2.15. The number of hydrogen-bond donors (Lipinski definition) is 0.